The molecule has 0 spiro atoms. The van der Waals surface area contributed by atoms with Gasteiger partial charge < -0.3 is 5.11 Å². The molecule has 0 aliphatic heterocycles. The Morgan fingerprint density at radius 2 is 2.00 bits per heavy atom. The fourth-order valence-corrected chi connectivity index (χ4v) is 3.78. The van der Waals surface area contributed by atoms with Crippen LogP contribution in [0.2, 0.25) is 0 Å². The second kappa shape index (κ2) is 4.24. The van der Waals surface area contributed by atoms with Gasteiger partial charge in [0.2, 0.25) is 0 Å². The van der Waals surface area contributed by atoms with E-state index >= 15 is 0 Å². The number of aliphatic hydroxyl groups is 1. The lowest BCUT2D eigenvalue weighted by Gasteiger charge is -2.52. The van der Waals surface area contributed by atoms with Gasteiger partial charge in [0.1, 0.15) is 5.78 Å². The highest BCUT2D eigenvalue weighted by Gasteiger charge is 2.55. The normalized spacial score (nSPS) is 46.5. The topological polar surface area (TPSA) is 37.3 Å². The minimum absolute atomic E-state index is 0.104. The van der Waals surface area contributed by atoms with Gasteiger partial charge in [0.15, 0.2) is 0 Å². The van der Waals surface area contributed by atoms with Crippen molar-refractivity contribution in [3.05, 3.63) is 12.2 Å². The number of carbonyl (C=O) groups is 1. The zero-order valence-corrected chi connectivity index (χ0v) is 11.2. The van der Waals surface area contributed by atoms with Crippen molar-refractivity contribution < 1.29 is 9.90 Å². The molecule has 0 aromatic heterocycles. The fraction of sp³-hybridized carbons (Fsp3) is 0.800. The highest BCUT2D eigenvalue weighted by molar-refractivity contribution is 5.86. The second-order valence-corrected chi connectivity index (χ2v) is 6.24. The van der Waals surface area contributed by atoms with Crippen LogP contribution in [0.3, 0.4) is 0 Å². The maximum atomic E-state index is 12.4. The van der Waals surface area contributed by atoms with E-state index in [1.54, 1.807) is 0 Å². The molecule has 0 bridgehead atoms. The van der Waals surface area contributed by atoms with Crippen LogP contribution in [-0.2, 0) is 4.79 Å². The van der Waals surface area contributed by atoms with Gasteiger partial charge in [-0.3, -0.25) is 4.79 Å². The SMILES string of the molecule is C=C(C)[C@@H]1CC[C@@H](C)[C@@]2(O)CC[C@H](C)C(=O)[C@H]12. The first kappa shape index (κ1) is 12.8. The maximum Gasteiger partial charge on any atom is 0.142 e. The summed E-state index contributed by atoms with van der Waals surface area (Å²) < 4.78 is 0. The summed E-state index contributed by atoms with van der Waals surface area (Å²) in [6, 6.07) is 0. The molecule has 2 fully saturated rings. The molecule has 0 radical (unpaired) electrons. The zero-order chi connectivity index (χ0) is 12.8. The quantitative estimate of drug-likeness (QED) is 0.711. The highest BCUT2D eigenvalue weighted by Crippen LogP contribution is 2.50. The molecule has 2 rings (SSSR count). The molecule has 17 heavy (non-hydrogen) atoms. The largest absolute Gasteiger partial charge is 0.389 e. The van der Waals surface area contributed by atoms with Gasteiger partial charge in [0, 0.05) is 5.92 Å². The summed E-state index contributed by atoms with van der Waals surface area (Å²) in [7, 11) is 0. The lowest BCUT2D eigenvalue weighted by Crippen LogP contribution is -2.58. The summed E-state index contributed by atoms with van der Waals surface area (Å²) in [5, 5.41) is 10.9. The van der Waals surface area contributed by atoms with E-state index in [4.69, 9.17) is 0 Å². The Morgan fingerprint density at radius 3 is 2.59 bits per heavy atom. The van der Waals surface area contributed by atoms with Crippen LogP contribution >= 0.6 is 0 Å². The van der Waals surface area contributed by atoms with E-state index in [2.05, 4.69) is 13.5 Å². The smallest absolute Gasteiger partial charge is 0.142 e. The summed E-state index contributed by atoms with van der Waals surface area (Å²) in [5.41, 5.74) is 0.286. The first-order valence-electron chi connectivity index (χ1n) is 6.79. The zero-order valence-electron chi connectivity index (χ0n) is 11.2. The predicted octanol–water partition coefficient (Wildman–Crippen LogP) is 2.95. The molecule has 2 aliphatic carbocycles. The summed E-state index contributed by atoms with van der Waals surface area (Å²) in [4.78, 5) is 12.4. The second-order valence-electron chi connectivity index (χ2n) is 6.24. The van der Waals surface area contributed by atoms with Crippen molar-refractivity contribution in [2.45, 2.75) is 52.1 Å². The molecule has 2 aliphatic rings. The van der Waals surface area contributed by atoms with Crippen LogP contribution in [0.4, 0.5) is 0 Å². The Labute approximate surface area is 104 Å². The first-order valence-corrected chi connectivity index (χ1v) is 6.79. The van der Waals surface area contributed by atoms with E-state index in [1.807, 2.05) is 13.8 Å². The average molecular weight is 236 g/mol. The summed E-state index contributed by atoms with van der Waals surface area (Å²) in [6.07, 6.45) is 3.61. The highest BCUT2D eigenvalue weighted by atomic mass is 16.3. The van der Waals surface area contributed by atoms with Gasteiger partial charge in [-0.15, -0.1) is 0 Å². The molecule has 0 unspecified atom stereocenters. The van der Waals surface area contributed by atoms with Crippen LogP contribution in [0.5, 0.6) is 0 Å². The van der Waals surface area contributed by atoms with Crippen LogP contribution in [0.1, 0.15) is 46.5 Å². The molecule has 5 atom stereocenters. The van der Waals surface area contributed by atoms with Crippen molar-refractivity contribution in [3.63, 3.8) is 0 Å². The predicted molar refractivity (Wildman–Crippen MR) is 68.5 cm³/mol. The van der Waals surface area contributed by atoms with Crippen molar-refractivity contribution in [1.29, 1.82) is 0 Å². The van der Waals surface area contributed by atoms with E-state index in [-0.39, 0.29) is 29.5 Å². The molecule has 2 saturated carbocycles. The third-order valence-electron chi connectivity index (χ3n) is 5.11. The molecule has 0 saturated heterocycles. The van der Waals surface area contributed by atoms with Gasteiger partial charge in [0.25, 0.3) is 0 Å². The number of fused-ring (bicyclic) bond motifs is 1. The van der Waals surface area contributed by atoms with Gasteiger partial charge in [-0.05, 0) is 44.4 Å². The van der Waals surface area contributed by atoms with Crippen LogP contribution < -0.4 is 0 Å². The van der Waals surface area contributed by atoms with Gasteiger partial charge in [-0.25, -0.2) is 0 Å². The Hall–Kier alpha value is -0.630. The van der Waals surface area contributed by atoms with Crippen LogP contribution in [0, 0.1) is 23.7 Å². The standard InChI is InChI=1S/C15H24O2/c1-9(2)12-6-5-11(4)15(17)8-7-10(3)14(16)13(12)15/h10-13,17H,1,5-8H2,2-4H3/t10-,11+,12-,13-,15-/m0/s1. The number of Topliss-reactive ketones (excluding diaryl/α,β-unsaturated/α-hetero) is 1. The molecule has 2 heteroatoms. The Balaban J connectivity index is 2.38. The van der Waals surface area contributed by atoms with Crippen molar-refractivity contribution >= 4 is 5.78 Å². The summed E-state index contributed by atoms with van der Waals surface area (Å²) in [6.45, 7) is 10.1. The molecule has 0 aromatic carbocycles. The van der Waals surface area contributed by atoms with Crippen molar-refractivity contribution in [1.82, 2.24) is 0 Å². The van der Waals surface area contributed by atoms with Crippen LogP contribution in [-0.4, -0.2) is 16.5 Å². The average Bonchev–Trinajstić information content (AvgIpc) is 2.26. The Kier molecular flexibility index (Phi) is 3.19. The molecule has 0 amide bonds. The van der Waals surface area contributed by atoms with Gasteiger partial charge in [0.05, 0.1) is 11.5 Å². The van der Waals surface area contributed by atoms with E-state index in [9.17, 15) is 9.90 Å². The Morgan fingerprint density at radius 1 is 1.35 bits per heavy atom. The lowest BCUT2D eigenvalue weighted by atomic mass is 9.55. The lowest BCUT2D eigenvalue weighted by molar-refractivity contribution is -0.164. The number of hydrogen-bond donors (Lipinski definition) is 1. The third kappa shape index (κ3) is 1.87. The van der Waals surface area contributed by atoms with E-state index in [1.165, 1.54) is 0 Å². The van der Waals surface area contributed by atoms with Gasteiger partial charge in [-0.2, -0.15) is 0 Å². The molecular formula is C15H24O2. The van der Waals surface area contributed by atoms with Crippen LogP contribution in [0.25, 0.3) is 0 Å². The first-order chi connectivity index (χ1) is 7.88. The number of allylic oxidation sites excluding steroid dienone is 1. The van der Waals surface area contributed by atoms with Gasteiger partial charge >= 0.3 is 0 Å². The van der Waals surface area contributed by atoms with E-state index in [0.717, 1.165) is 31.3 Å². The molecule has 0 heterocycles. The van der Waals surface area contributed by atoms with Crippen molar-refractivity contribution in [2.24, 2.45) is 23.7 Å². The molecule has 0 aromatic rings. The minimum Gasteiger partial charge on any atom is -0.389 e. The monoisotopic (exact) mass is 236 g/mol. The van der Waals surface area contributed by atoms with Gasteiger partial charge in [-0.1, -0.05) is 26.0 Å². The van der Waals surface area contributed by atoms with E-state index in [0.29, 0.717) is 0 Å². The molecule has 2 nitrogen and oxygen atoms in total. The molecule has 1 N–H and O–H groups in total. The number of ketones is 1. The number of rotatable bonds is 1. The fourth-order valence-electron chi connectivity index (χ4n) is 3.78. The van der Waals surface area contributed by atoms with E-state index < -0.39 is 5.60 Å². The minimum atomic E-state index is -0.772. The van der Waals surface area contributed by atoms with Crippen LogP contribution in [0.15, 0.2) is 12.2 Å². The summed E-state index contributed by atoms with van der Waals surface area (Å²) in [5.74, 6) is 0.587. The molecule has 96 valence electrons. The number of carbonyl (C=O) groups excluding carboxylic acids is 1. The summed E-state index contributed by atoms with van der Waals surface area (Å²) >= 11 is 0. The molecular weight excluding hydrogens is 212 g/mol. The number of hydrogen-bond acceptors (Lipinski definition) is 2. The maximum absolute atomic E-state index is 12.4. The van der Waals surface area contributed by atoms with Crippen molar-refractivity contribution in [2.75, 3.05) is 0 Å². The Bertz CT molecular complexity index is 347. The van der Waals surface area contributed by atoms with Crippen molar-refractivity contribution in [3.8, 4) is 0 Å². The third-order valence-corrected chi connectivity index (χ3v) is 5.11.